The molecule has 2 N–H and O–H groups in total. The van der Waals surface area contributed by atoms with E-state index >= 15 is 0 Å². The minimum atomic E-state index is -0.391. The number of benzene rings is 1. The molecule has 6 heteroatoms. The van der Waals surface area contributed by atoms with Crippen molar-refractivity contribution in [3.8, 4) is 11.5 Å². The van der Waals surface area contributed by atoms with Crippen LogP contribution in [0.2, 0.25) is 0 Å². The molecule has 1 aliphatic carbocycles. The van der Waals surface area contributed by atoms with Gasteiger partial charge in [0.25, 0.3) is 5.89 Å². The van der Waals surface area contributed by atoms with Crippen molar-refractivity contribution >= 4 is 35.0 Å². The van der Waals surface area contributed by atoms with E-state index in [-0.39, 0.29) is 12.4 Å². The van der Waals surface area contributed by atoms with E-state index in [0.29, 0.717) is 11.7 Å². The van der Waals surface area contributed by atoms with Gasteiger partial charge in [-0.1, -0.05) is 24.1 Å². The summed E-state index contributed by atoms with van der Waals surface area (Å²) in [6.45, 7) is 2.06. The van der Waals surface area contributed by atoms with E-state index in [4.69, 9.17) is 10.3 Å². The van der Waals surface area contributed by atoms with E-state index < -0.39 is 5.54 Å². The maximum absolute atomic E-state index is 6.35. The summed E-state index contributed by atoms with van der Waals surface area (Å²) in [5.41, 5.74) is 8.12. The van der Waals surface area contributed by atoms with Crippen molar-refractivity contribution in [3.05, 3.63) is 33.2 Å². The van der Waals surface area contributed by atoms with Gasteiger partial charge in [-0.2, -0.15) is 4.98 Å². The highest BCUT2D eigenvalue weighted by atomic mass is 127. The van der Waals surface area contributed by atoms with Gasteiger partial charge in [-0.15, -0.1) is 12.4 Å². The molecular formula is C14H17ClIN3O. The first-order valence-electron chi connectivity index (χ1n) is 6.49. The van der Waals surface area contributed by atoms with Crippen LogP contribution in [0.25, 0.3) is 11.5 Å². The molecule has 2 aromatic rings. The Kier molecular flexibility index (Phi) is 4.71. The fourth-order valence-corrected chi connectivity index (χ4v) is 3.10. The van der Waals surface area contributed by atoms with Crippen molar-refractivity contribution < 1.29 is 4.52 Å². The summed E-state index contributed by atoms with van der Waals surface area (Å²) < 4.78 is 6.61. The molecule has 0 radical (unpaired) electrons. The molecule has 1 fully saturated rings. The molecule has 1 heterocycles. The summed E-state index contributed by atoms with van der Waals surface area (Å²) in [6, 6.07) is 6.08. The number of hydrogen-bond donors (Lipinski definition) is 1. The zero-order chi connectivity index (χ0) is 13.5. The SMILES string of the molecule is Cc1c(I)cccc1-c1nc(C2(N)CCCC2)no1.Cl. The normalized spacial score (nSPS) is 16.9. The van der Waals surface area contributed by atoms with Crippen LogP contribution >= 0.6 is 35.0 Å². The van der Waals surface area contributed by atoms with Crippen LogP contribution in [-0.2, 0) is 5.54 Å². The maximum Gasteiger partial charge on any atom is 0.258 e. The van der Waals surface area contributed by atoms with Gasteiger partial charge in [-0.3, -0.25) is 0 Å². The molecule has 1 saturated carbocycles. The second-order valence-corrected chi connectivity index (χ2v) is 6.36. The molecule has 0 saturated heterocycles. The van der Waals surface area contributed by atoms with E-state index in [1.165, 1.54) is 3.57 Å². The molecule has 0 atom stereocenters. The lowest BCUT2D eigenvalue weighted by atomic mass is 9.98. The molecule has 0 unspecified atom stereocenters. The Hall–Kier alpha value is -0.660. The highest BCUT2D eigenvalue weighted by Crippen LogP contribution is 2.36. The standard InChI is InChI=1S/C14H16IN3O.ClH/c1-9-10(5-4-6-11(9)15)12-17-13(18-19-12)14(16)7-2-3-8-14;/h4-6H,2-3,7-8,16H2,1H3;1H. The lowest BCUT2D eigenvalue weighted by Gasteiger charge is -2.17. The molecule has 108 valence electrons. The first kappa shape index (κ1) is 15.7. The van der Waals surface area contributed by atoms with Crippen LogP contribution < -0.4 is 5.73 Å². The van der Waals surface area contributed by atoms with Crippen LogP contribution in [-0.4, -0.2) is 10.1 Å². The topological polar surface area (TPSA) is 64.9 Å². The van der Waals surface area contributed by atoms with Gasteiger partial charge in [0, 0.05) is 9.13 Å². The van der Waals surface area contributed by atoms with Gasteiger partial charge in [0.15, 0.2) is 5.82 Å². The first-order chi connectivity index (χ1) is 9.10. The van der Waals surface area contributed by atoms with Crippen LogP contribution in [0.3, 0.4) is 0 Å². The second-order valence-electron chi connectivity index (χ2n) is 5.20. The summed E-state index contributed by atoms with van der Waals surface area (Å²) in [4.78, 5) is 4.53. The van der Waals surface area contributed by atoms with Gasteiger partial charge in [0.1, 0.15) is 0 Å². The minimum absolute atomic E-state index is 0. The Morgan fingerprint density at radius 2 is 2.00 bits per heavy atom. The minimum Gasteiger partial charge on any atom is -0.334 e. The lowest BCUT2D eigenvalue weighted by molar-refractivity contribution is 0.372. The van der Waals surface area contributed by atoms with Crippen molar-refractivity contribution in [1.82, 2.24) is 10.1 Å². The van der Waals surface area contributed by atoms with Crippen LogP contribution in [0.5, 0.6) is 0 Å². The molecule has 0 bridgehead atoms. The van der Waals surface area contributed by atoms with Crippen LogP contribution in [0.4, 0.5) is 0 Å². The van der Waals surface area contributed by atoms with Crippen molar-refractivity contribution in [1.29, 1.82) is 0 Å². The Balaban J connectivity index is 0.00000147. The van der Waals surface area contributed by atoms with E-state index in [0.717, 1.165) is 36.8 Å². The fourth-order valence-electron chi connectivity index (χ4n) is 2.60. The van der Waals surface area contributed by atoms with E-state index in [9.17, 15) is 0 Å². The van der Waals surface area contributed by atoms with Gasteiger partial charge in [-0.25, -0.2) is 0 Å². The number of aromatic nitrogens is 2. The zero-order valence-corrected chi connectivity index (χ0v) is 14.2. The molecule has 1 aromatic carbocycles. The third kappa shape index (κ3) is 2.71. The number of nitrogens with zero attached hydrogens (tertiary/aromatic N) is 2. The molecule has 20 heavy (non-hydrogen) atoms. The van der Waals surface area contributed by atoms with E-state index in [2.05, 4.69) is 45.7 Å². The molecule has 1 aromatic heterocycles. The lowest BCUT2D eigenvalue weighted by Crippen LogP contribution is -2.34. The van der Waals surface area contributed by atoms with Crippen molar-refractivity contribution in [2.24, 2.45) is 5.73 Å². The molecule has 3 rings (SSSR count). The monoisotopic (exact) mass is 405 g/mol. The Bertz CT molecular complexity index is 608. The Morgan fingerprint density at radius 3 is 2.70 bits per heavy atom. The van der Waals surface area contributed by atoms with Crippen LogP contribution in [0.1, 0.15) is 37.1 Å². The number of halogens is 2. The molecule has 4 nitrogen and oxygen atoms in total. The second kappa shape index (κ2) is 5.99. The molecule has 0 spiro atoms. The fraction of sp³-hybridized carbons (Fsp3) is 0.429. The maximum atomic E-state index is 6.35. The van der Waals surface area contributed by atoms with Gasteiger partial charge in [0.05, 0.1) is 5.54 Å². The predicted molar refractivity (Wildman–Crippen MR) is 88.8 cm³/mol. The Labute approximate surface area is 138 Å². The Morgan fingerprint density at radius 1 is 1.30 bits per heavy atom. The third-order valence-electron chi connectivity index (χ3n) is 3.87. The summed E-state index contributed by atoms with van der Waals surface area (Å²) in [5.74, 6) is 1.22. The number of hydrogen-bond acceptors (Lipinski definition) is 4. The third-order valence-corrected chi connectivity index (χ3v) is 5.03. The summed E-state index contributed by atoms with van der Waals surface area (Å²) in [6.07, 6.45) is 4.17. The van der Waals surface area contributed by atoms with Crippen molar-refractivity contribution in [3.63, 3.8) is 0 Å². The smallest absolute Gasteiger partial charge is 0.258 e. The highest BCUT2D eigenvalue weighted by Gasteiger charge is 2.36. The number of nitrogens with two attached hydrogens (primary N) is 1. The highest BCUT2D eigenvalue weighted by molar-refractivity contribution is 14.1. The zero-order valence-electron chi connectivity index (χ0n) is 11.2. The quantitative estimate of drug-likeness (QED) is 0.772. The molecule has 0 aliphatic heterocycles. The van der Waals surface area contributed by atoms with Crippen LogP contribution in [0.15, 0.2) is 22.7 Å². The van der Waals surface area contributed by atoms with Gasteiger partial charge in [-0.05, 0) is 60.1 Å². The van der Waals surface area contributed by atoms with E-state index in [1.54, 1.807) is 0 Å². The van der Waals surface area contributed by atoms with Gasteiger partial charge < -0.3 is 10.3 Å². The molecular weight excluding hydrogens is 389 g/mol. The number of rotatable bonds is 2. The summed E-state index contributed by atoms with van der Waals surface area (Å²) in [5, 5.41) is 4.10. The van der Waals surface area contributed by atoms with Gasteiger partial charge >= 0.3 is 0 Å². The summed E-state index contributed by atoms with van der Waals surface area (Å²) in [7, 11) is 0. The average Bonchev–Trinajstić information content (AvgIpc) is 3.02. The van der Waals surface area contributed by atoms with E-state index in [1.807, 2.05) is 12.1 Å². The van der Waals surface area contributed by atoms with Crippen LogP contribution in [0, 0.1) is 10.5 Å². The van der Waals surface area contributed by atoms with Crippen molar-refractivity contribution in [2.45, 2.75) is 38.1 Å². The van der Waals surface area contributed by atoms with Crippen molar-refractivity contribution in [2.75, 3.05) is 0 Å². The molecule has 0 amide bonds. The summed E-state index contributed by atoms with van der Waals surface area (Å²) >= 11 is 2.31. The molecule has 1 aliphatic rings. The largest absolute Gasteiger partial charge is 0.334 e. The van der Waals surface area contributed by atoms with Gasteiger partial charge in [0.2, 0.25) is 0 Å². The first-order valence-corrected chi connectivity index (χ1v) is 7.57. The predicted octanol–water partition coefficient (Wildman–Crippen LogP) is 3.80. The average molecular weight is 406 g/mol.